The van der Waals surface area contributed by atoms with Gasteiger partial charge in [0.1, 0.15) is 11.8 Å². The SMILES string of the molecule is COC(=O)[C@H](NC1=CC(=O)c2cccc(O)c2C1=O)C(C)C. The van der Waals surface area contributed by atoms with Crippen LogP contribution in [0.15, 0.2) is 30.0 Å². The molecule has 0 unspecified atom stereocenters. The lowest BCUT2D eigenvalue weighted by Gasteiger charge is -2.24. The summed E-state index contributed by atoms with van der Waals surface area (Å²) in [6, 6.07) is 3.55. The van der Waals surface area contributed by atoms with Gasteiger partial charge in [0, 0.05) is 11.6 Å². The predicted octanol–water partition coefficient (Wildman–Crippen LogP) is 1.44. The number of allylic oxidation sites excluding steroid dienone is 2. The van der Waals surface area contributed by atoms with E-state index in [1.54, 1.807) is 13.8 Å². The molecule has 1 atom stereocenters. The van der Waals surface area contributed by atoms with E-state index in [2.05, 4.69) is 5.32 Å². The molecule has 1 aliphatic carbocycles. The zero-order valence-electron chi connectivity index (χ0n) is 12.5. The van der Waals surface area contributed by atoms with Crippen LogP contribution in [0.3, 0.4) is 0 Å². The highest BCUT2D eigenvalue weighted by atomic mass is 16.5. The zero-order valence-corrected chi connectivity index (χ0v) is 12.5. The van der Waals surface area contributed by atoms with Crippen LogP contribution >= 0.6 is 0 Å². The molecule has 0 saturated carbocycles. The first-order chi connectivity index (χ1) is 10.4. The molecule has 0 aliphatic heterocycles. The maximum absolute atomic E-state index is 12.5. The van der Waals surface area contributed by atoms with E-state index in [-0.39, 0.29) is 28.5 Å². The number of hydrogen-bond acceptors (Lipinski definition) is 6. The van der Waals surface area contributed by atoms with Crippen molar-refractivity contribution in [3.8, 4) is 5.75 Å². The number of phenols is 1. The minimum atomic E-state index is -0.764. The van der Waals surface area contributed by atoms with Gasteiger partial charge in [-0.05, 0) is 12.0 Å². The molecule has 1 aromatic rings. The number of ether oxygens (including phenoxy) is 1. The Bertz CT molecular complexity index is 675. The molecule has 2 rings (SSSR count). The predicted molar refractivity (Wildman–Crippen MR) is 78.6 cm³/mol. The molecule has 1 aromatic carbocycles. The fraction of sp³-hybridized carbons (Fsp3) is 0.312. The lowest BCUT2D eigenvalue weighted by Crippen LogP contribution is -2.43. The summed E-state index contributed by atoms with van der Waals surface area (Å²) >= 11 is 0. The Morgan fingerprint density at radius 2 is 1.95 bits per heavy atom. The lowest BCUT2D eigenvalue weighted by atomic mass is 9.91. The van der Waals surface area contributed by atoms with Crippen LogP contribution in [0.1, 0.15) is 34.6 Å². The summed E-state index contributed by atoms with van der Waals surface area (Å²) in [4.78, 5) is 36.3. The van der Waals surface area contributed by atoms with E-state index >= 15 is 0 Å². The van der Waals surface area contributed by atoms with Crippen LogP contribution in [0.5, 0.6) is 5.75 Å². The molecule has 0 radical (unpaired) electrons. The Kier molecular flexibility index (Phi) is 4.30. The summed E-state index contributed by atoms with van der Waals surface area (Å²) in [6.07, 6.45) is 1.14. The highest BCUT2D eigenvalue weighted by molar-refractivity contribution is 6.25. The molecule has 116 valence electrons. The second kappa shape index (κ2) is 6.01. The number of carbonyl (C=O) groups excluding carboxylic acids is 3. The molecule has 0 spiro atoms. The first kappa shape index (κ1) is 15.8. The maximum atomic E-state index is 12.5. The molecule has 1 aliphatic rings. The number of Topliss-reactive ketones (excluding diaryl/α,β-unsaturated/α-hetero) is 1. The number of fused-ring (bicyclic) bond motifs is 1. The lowest BCUT2D eigenvalue weighted by molar-refractivity contribution is -0.144. The topological polar surface area (TPSA) is 92.7 Å². The van der Waals surface area contributed by atoms with Crippen molar-refractivity contribution >= 4 is 17.5 Å². The van der Waals surface area contributed by atoms with Crippen molar-refractivity contribution in [2.75, 3.05) is 7.11 Å². The number of ketones is 2. The van der Waals surface area contributed by atoms with Gasteiger partial charge in [0.25, 0.3) is 0 Å². The monoisotopic (exact) mass is 303 g/mol. The fourth-order valence-electron chi connectivity index (χ4n) is 2.29. The van der Waals surface area contributed by atoms with Crippen LogP contribution in [0, 0.1) is 5.92 Å². The molecular weight excluding hydrogens is 286 g/mol. The third kappa shape index (κ3) is 2.72. The number of rotatable bonds is 4. The summed E-state index contributed by atoms with van der Waals surface area (Å²) in [5.74, 6) is -1.87. The second-order valence-electron chi connectivity index (χ2n) is 5.34. The smallest absolute Gasteiger partial charge is 0.328 e. The molecule has 6 heteroatoms. The van der Waals surface area contributed by atoms with E-state index < -0.39 is 23.6 Å². The van der Waals surface area contributed by atoms with Gasteiger partial charge in [-0.15, -0.1) is 0 Å². The normalized spacial score (nSPS) is 15.2. The van der Waals surface area contributed by atoms with Gasteiger partial charge in [0.05, 0.1) is 18.4 Å². The largest absolute Gasteiger partial charge is 0.507 e. The molecule has 2 N–H and O–H groups in total. The summed E-state index contributed by atoms with van der Waals surface area (Å²) in [6.45, 7) is 3.57. The highest BCUT2D eigenvalue weighted by Crippen LogP contribution is 2.28. The Balaban J connectivity index is 2.38. The quantitative estimate of drug-likeness (QED) is 0.818. The van der Waals surface area contributed by atoms with Crippen LogP contribution in [-0.2, 0) is 9.53 Å². The average molecular weight is 303 g/mol. The summed E-state index contributed by atoms with van der Waals surface area (Å²) in [5, 5.41) is 12.6. The van der Waals surface area contributed by atoms with Gasteiger partial charge in [0.15, 0.2) is 5.78 Å². The Morgan fingerprint density at radius 3 is 2.55 bits per heavy atom. The van der Waals surface area contributed by atoms with Crippen molar-refractivity contribution in [2.45, 2.75) is 19.9 Å². The molecule has 0 saturated heterocycles. The van der Waals surface area contributed by atoms with E-state index in [1.807, 2.05) is 0 Å². The van der Waals surface area contributed by atoms with Crippen molar-refractivity contribution in [1.82, 2.24) is 5.32 Å². The van der Waals surface area contributed by atoms with Crippen molar-refractivity contribution < 1.29 is 24.2 Å². The molecule has 0 aromatic heterocycles. The third-order valence-electron chi connectivity index (χ3n) is 3.49. The molecule has 0 heterocycles. The van der Waals surface area contributed by atoms with Gasteiger partial charge in [-0.2, -0.15) is 0 Å². The summed E-state index contributed by atoms with van der Waals surface area (Å²) in [5.41, 5.74) is 0.0719. The van der Waals surface area contributed by atoms with Crippen LogP contribution in [0.4, 0.5) is 0 Å². The first-order valence-electron chi connectivity index (χ1n) is 6.84. The number of phenolic OH excluding ortho intramolecular Hbond substituents is 1. The maximum Gasteiger partial charge on any atom is 0.328 e. The number of esters is 1. The number of nitrogens with one attached hydrogen (secondary N) is 1. The van der Waals surface area contributed by atoms with Crippen molar-refractivity contribution in [2.24, 2.45) is 5.92 Å². The van der Waals surface area contributed by atoms with Crippen LogP contribution in [0.25, 0.3) is 0 Å². The molecule has 6 nitrogen and oxygen atoms in total. The fourth-order valence-corrected chi connectivity index (χ4v) is 2.29. The van der Waals surface area contributed by atoms with E-state index in [4.69, 9.17) is 4.74 Å². The number of aromatic hydroxyl groups is 1. The number of carbonyl (C=O) groups is 3. The van der Waals surface area contributed by atoms with Crippen LogP contribution in [0.2, 0.25) is 0 Å². The van der Waals surface area contributed by atoms with Gasteiger partial charge in [0.2, 0.25) is 5.78 Å². The Hall–Kier alpha value is -2.63. The minimum absolute atomic E-state index is 0.0249. The van der Waals surface area contributed by atoms with Crippen LogP contribution in [-0.4, -0.2) is 35.8 Å². The van der Waals surface area contributed by atoms with Crippen molar-refractivity contribution in [3.63, 3.8) is 0 Å². The molecule has 22 heavy (non-hydrogen) atoms. The van der Waals surface area contributed by atoms with Gasteiger partial charge >= 0.3 is 5.97 Å². The van der Waals surface area contributed by atoms with Crippen LogP contribution < -0.4 is 5.32 Å². The van der Waals surface area contributed by atoms with Gasteiger partial charge < -0.3 is 15.2 Å². The standard InChI is InChI=1S/C16H17NO5/c1-8(2)14(16(21)22-3)17-10-7-12(19)9-5-4-6-11(18)13(9)15(10)20/h4-8,14,17-18H,1-3H3/t14-/m1/s1. The Morgan fingerprint density at radius 1 is 1.27 bits per heavy atom. The minimum Gasteiger partial charge on any atom is -0.507 e. The second-order valence-corrected chi connectivity index (χ2v) is 5.34. The van der Waals surface area contributed by atoms with Gasteiger partial charge in [-0.25, -0.2) is 4.79 Å². The summed E-state index contributed by atoms with van der Waals surface area (Å²) in [7, 11) is 1.25. The number of hydrogen-bond donors (Lipinski definition) is 2. The van der Waals surface area contributed by atoms with E-state index in [0.717, 1.165) is 6.08 Å². The van der Waals surface area contributed by atoms with E-state index in [1.165, 1.54) is 25.3 Å². The summed E-state index contributed by atoms with van der Waals surface area (Å²) < 4.78 is 4.70. The molecule has 0 amide bonds. The van der Waals surface area contributed by atoms with Crippen molar-refractivity contribution in [3.05, 3.63) is 41.1 Å². The third-order valence-corrected chi connectivity index (χ3v) is 3.49. The zero-order chi connectivity index (χ0) is 16.4. The number of methoxy groups -OCH3 is 1. The van der Waals surface area contributed by atoms with Gasteiger partial charge in [-0.1, -0.05) is 26.0 Å². The van der Waals surface area contributed by atoms with Crippen molar-refractivity contribution in [1.29, 1.82) is 0 Å². The average Bonchev–Trinajstić information content (AvgIpc) is 2.48. The van der Waals surface area contributed by atoms with E-state index in [0.29, 0.717) is 0 Å². The molecular formula is C16H17NO5. The highest BCUT2D eigenvalue weighted by Gasteiger charge is 2.32. The molecule has 0 fully saturated rings. The number of benzene rings is 1. The van der Waals surface area contributed by atoms with Gasteiger partial charge in [-0.3, -0.25) is 9.59 Å². The first-order valence-corrected chi connectivity index (χ1v) is 6.84. The van der Waals surface area contributed by atoms with E-state index in [9.17, 15) is 19.5 Å². The Labute approximate surface area is 127 Å². The molecule has 0 bridgehead atoms.